The number of nitrogens with one attached hydrogen (secondary N) is 1. The zero-order valence-corrected chi connectivity index (χ0v) is 13.2. The summed E-state index contributed by atoms with van der Waals surface area (Å²) in [4.78, 5) is 25.9. The highest BCUT2D eigenvalue weighted by Crippen LogP contribution is 2.32. The minimum atomic E-state index is -0.294. The molecule has 3 rings (SSSR count). The van der Waals surface area contributed by atoms with Crippen molar-refractivity contribution in [1.29, 1.82) is 0 Å². The van der Waals surface area contributed by atoms with Gasteiger partial charge >= 0.3 is 12.1 Å². The predicted molar refractivity (Wildman–Crippen MR) is 83.7 cm³/mol. The number of nitrogens with zero attached hydrogens (tertiary/aromatic N) is 1. The van der Waals surface area contributed by atoms with E-state index in [0.717, 1.165) is 18.4 Å². The number of amides is 1. The maximum atomic E-state index is 12.5. The first kappa shape index (κ1) is 15.8. The Labute approximate surface area is 135 Å². The van der Waals surface area contributed by atoms with Crippen molar-refractivity contribution in [3.05, 3.63) is 35.9 Å². The molecule has 0 unspecified atom stereocenters. The van der Waals surface area contributed by atoms with Crippen molar-refractivity contribution in [2.45, 2.75) is 44.0 Å². The molecule has 1 aromatic carbocycles. The van der Waals surface area contributed by atoms with Crippen LogP contribution in [0.1, 0.15) is 24.8 Å². The Morgan fingerprint density at radius 2 is 2.04 bits per heavy atom. The number of carbonyl (C=O) groups excluding carboxylic acids is 2. The van der Waals surface area contributed by atoms with Gasteiger partial charge in [0.1, 0.15) is 6.61 Å². The first-order chi connectivity index (χ1) is 11.2. The van der Waals surface area contributed by atoms with Gasteiger partial charge in [-0.3, -0.25) is 9.69 Å². The quantitative estimate of drug-likeness (QED) is 0.856. The van der Waals surface area contributed by atoms with Crippen molar-refractivity contribution in [3.63, 3.8) is 0 Å². The molecule has 0 radical (unpaired) electrons. The Morgan fingerprint density at radius 3 is 2.78 bits per heavy atom. The summed E-state index contributed by atoms with van der Waals surface area (Å²) in [5, 5.41) is 3.35. The Bertz CT molecular complexity index is 563. The summed E-state index contributed by atoms with van der Waals surface area (Å²) < 4.78 is 10.2. The van der Waals surface area contributed by atoms with Crippen LogP contribution in [0.2, 0.25) is 0 Å². The monoisotopic (exact) mass is 318 g/mol. The van der Waals surface area contributed by atoms with Gasteiger partial charge in [0.05, 0.1) is 19.6 Å². The van der Waals surface area contributed by atoms with Crippen molar-refractivity contribution >= 4 is 12.1 Å². The Kier molecular flexibility index (Phi) is 4.81. The van der Waals surface area contributed by atoms with E-state index in [1.165, 1.54) is 7.11 Å². The third-order valence-corrected chi connectivity index (χ3v) is 4.66. The van der Waals surface area contributed by atoms with E-state index in [2.05, 4.69) is 5.32 Å². The number of ether oxygens (including phenoxy) is 2. The van der Waals surface area contributed by atoms with Gasteiger partial charge in [0.15, 0.2) is 0 Å². The van der Waals surface area contributed by atoms with Gasteiger partial charge in [0, 0.05) is 18.6 Å². The van der Waals surface area contributed by atoms with E-state index in [9.17, 15) is 9.59 Å². The summed E-state index contributed by atoms with van der Waals surface area (Å²) in [6.07, 6.45) is 1.81. The van der Waals surface area contributed by atoms with Crippen LogP contribution >= 0.6 is 0 Å². The Morgan fingerprint density at radius 1 is 1.26 bits per heavy atom. The molecule has 0 aliphatic carbocycles. The third kappa shape index (κ3) is 3.47. The maximum Gasteiger partial charge on any atom is 0.410 e. The molecular weight excluding hydrogens is 296 g/mol. The molecule has 1 aromatic rings. The predicted octanol–water partition coefficient (Wildman–Crippen LogP) is 1.69. The highest BCUT2D eigenvalue weighted by molar-refractivity contribution is 5.72. The summed E-state index contributed by atoms with van der Waals surface area (Å²) in [5.41, 5.74) is 0.967. The maximum absolute atomic E-state index is 12.5. The number of benzene rings is 1. The summed E-state index contributed by atoms with van der Waals surface area (Å²) in [6, 6.07) is 9.71. The molecule has 0 aromatic heterocycles. The highest BCUT2D eigenvalue weighted by Gasteiger charge is 2.46. The molecule has 0 saturated carbocycles. The van der Waals surface area contributed by atoms with Crippen LogP contribution in [0, 0.1) is 0 Å². The molecule has 2 saturated heterocycles. The smallest absolute Gasteiger partial charge is 0.410 e. The lowest BCUT2D eigenvalue weighted by Gasteiger charge is -2.39. The van der Waals surface area contributed by atoms with Crippen LogP contribution in [0.15, 0.2) is 30.3 Å². The summed E-state index contributed by atoms with van der Waals surface area (Å²) in [6.45, 7) is 0.962. The summed E-state index contributed by atoms with van der Waals surface area (Å²) in [5.74, 6) is -0.259. The molecule has 124 valence electrons. The van der Waals surface area contributed by atoms with E-state index in [1.54, 1.807) is 0 Å². The molecule has 2 aliphatic rings. The van der Waals surface area contributed by atoms with E-state index in [-0.39, 0.29) is 43.2 Å². The minimum absolute atomic E-state index is 0.00359. The molecule has 3 atom stereocenters. The van der Waals surface area contributed by atoms with Crippen LogP contribution in [-0.4, -0.2) is 48.7 Å². The number of piperazine rings is 1. The molecule has 6 nitrogen and oxygen atoms in total. The normalized spacial score (nSPS) is 26.0. The first-order valence-electron chi connectivity index (χ1n) is 7.98. The van der Waals surface area contributed by atoms with E-state index < -0.39 is 0 Å². The zero-order chi connectivity index (χ0) is 16.2. The van der Waals surface area contributed by atoms with Gasteiger partial charge in [-0.25, -0.2) is 4.79 Å². The van der Waals surface area contributed by atoms with Gasteiger partial charge in [0.2, 0.25) is 0 Å². The average Bonchev–Trinajstić information content (AvgIpc) is 2.91. The number of rotatable bonds is 4. The van der Waals surface area contributed by atoms with Gasteiger partial charge in [-0.2, -0.15) is 0 Å². The van der Waals surface area contributed by atoms with Gasteiger partial charge in [0.25, 0.3) is 0 Å². The van der Waals surface area contributed by atoms with E-state index >= 15 is 0 Å². The molecule has 2 aliphatic heterocycles. The summed E-state index contributed by atoms with van der Waals surface area (Å²) in [7, 11) is 1.38. The van der Waals surface area contributed by atoms with Crippen LogP contribution in [0.5, 0.6) is 0 Å². The Hall–Kier alpha value is -2.08. The molecule has 2 bridgehead atoms. The number of hydrogen-bond acceptors (Lipinski definition) is 5. The molecule has 1 N–H and O–H groups in total. The number of carbonyl (C=O) groups is 2. The van der Waals surface area contributed by atoms with Gasteiger partial charge in [-0.05, 0) is 18.4 Å². The fourth-order valence-electron chi connectivity index (χ4n) is 3.48. The second kappa shape index (κ2) is 7.00. The number of esters is 1. The fourth-order valence-corrected chi connectivity index (χ4v) is 3.48. The van der Waals surface area contributed by atoms with Crippen LogP contribution in [0.25, 0.3) is 0 Å². The topological polar surface area (TPSA) is 67.9 Å². The van der Waals surface area contributed by atoms with Gasteiger partial charge < -0.3 is 14.8 Å². The second-order valence-electron chi connectivity index (χ2n) is 6.04. The SMILES string of the molecule is COC(=O)C[C@H]1NC[C@@H]2CC[C@H]1N2C(=O)OCc1ccccc1. The lowest BCUT2D eigenvalue weighted by molar-refractivity contribution is -0.141. The van der Waals surface area contributed by atoms with Crippen molar-refractivity contribution in [2.24, 2.45) is 0 Å². The molecule has 1 amide bonds. The number of methoxy groups -OCH3 is 1. The molecule has 23 heavy (non-hydrogen) atoms. The van der Waals surface area contributed by atoms with Crippen LogP contribution in [0.4, 0.5) is 4.79 Å². The largest absolute Gasteiger partial charge is 0.469 e. The molecule has 0 spiro atoms. The van der Waals surface area contributed by atoms with Crippen molar-refractivity contribution in [2.75, 3.05) is 13.7 Å². The number of fused-ring (bicyclic) bond motifs is 2. The van der Waals surface area contributed by atoms with E-state index in [0.29, 0.717) is 6.54 Å². The van der Waals surface area contributed by atoms with Crippen molar-refractivity contribution < 1.29 is 19.1 Å². The lowest BCUT2D eigenvalue weighted by atomic mass is 10.0. The van der Waals surface area contributed by atoms with Crippen molar-refractivity contribution in [1.82, 2.24) is 10.2 Å². The summed E-state index contributed by atoms with van der Waals surface area (Å²) >= 11 is 0. The minimum Gasteiger partial charge on any atom is -0.469 e. The second-order valence-corrected chi connectivity index (χ2v) is 6.04. The third-order valence-electron chi connectivity index (χ3n) is 4.66. The molecule has 2 heterocycles. The van der Waals surface area contributed by atoms with Crippen LogP contribution in [0.3, 0.4) is 0 Å². The van der Waals surface area contributed by atoms with Crippen molar-refractivity contribution in [3.8, 4) is 0 Å². The van der Waals surface area contributed by atoms with Gasteiger partial charge in [-0.1, -0.05) is 30.3 Å². The van der Waals surface area contributed by atoms with E-state index in [4.69, 9.17) is 9.47 Å². The molecular formula is C17H22N2O4. The highest BCUT2D eigenvalue weighted by atomic mass is 16.6. The fraction of sp³-hybridized carbons (Fsp3) is 0.529. The van der Waals surface area contributed by atoms with Gasteiger partial charge in [-0.15, -0.1) is 0 Å². The first-order valence-corrected chi connectivity index (χ1v) is 7.98. The molecule has 2 fully saturated rings. The van der Waals surface area contributed by atoms with Crippen LogP contribution < -0.4 is 5.32 Å². The average molecular weight is 318 g/mol. The zero-order valence-electron chi connectivity index (χ0n) is 13.2. The van der Waals surface area contributed by atoms with E-state index in [1.807, 2.05) is 35.2 Å². The molecule has 6 heteroatoms. The standard InChI is InChI=1S/C17H22N2O4/c1-22-16(20)9-14-15-8-7-13(10-18-14)19(15)17(21)23-11-12-5-3-2-4-6-12/h2-6,13-15,18H,7-11H2,1H3/t13-,14+,15+/m0/s1. The lowest BCUT2D eigenvalue weighted by Crippen LogP contribution is -2.60. The van der Waals surface area contributed by atoms with Crippen LogP contribution in [-0.2, 0) is 20.9 Å². The Balaban J connectivity index is 1.62. The number of hydrogen-bond donors (Lipinski definition) is 1.